The number of hydrogen-bond acceptors (Lipinski definition) is 6. The third-order valence-electron chi connectivity index (χ3n) is 2.85. The van der Waals surface area contributed by atoms with E-state index in [0.717, 1.165) is 6.26 Å². The van der Waals surface area contributed by atoms with Crippen molar-refractivity contribution in [3.05, 3.63) is 27.8 Å². The van der Waals surface area contributed by atoms with Crippen LogP contribution in [0, 0.1) is 10.1 Å². The predicted octanol–water partition coefficient (Wildman–Crippen LogP) is 0.0505. The maximum absolute atomic E-state index is 11.3. The van der Waals surface area contributed by atoms with Crippen LogP contribution < -0.4 is 15.4 Å². The van der Waals surface area contributed by atoms with Gasteiger partial charge in [0.15, 0.2) is 0 Å². The molecule has 10 heteroatoms. The van der Waals surface area contributed by atoms with Crippen LogP contribution in [0.5, 0.6) is 0 Å². The van der Waals surface area contributed by atoms with Crippen molar-refractivity contribution in [3.8, 4) is 0 Å². The van der Waals surface area contributed by atoms with Gasteiger partial charge in [-0.15, -0.1) is 0 Å². The number of amides is 1. The monoisotopic (exact) mass is 314 g/mol. The summed E-state index contributed by atoms with van der Waals surface area (Å²) in [6.07, 6.45) is 1.15. The first-order valence-electron chi connectivity index (χ1n) is 6.06. The van der Waals surface area contributed by atoms with Gasteiger partial charge in [-0.2, -0.15) is 0 Å². The molecule has 21 heavy (non-hydrogen) atoms. The van der Waals surface area contributed by atoms with E-state index in [9.17, 15) is 23.3 Å². The van der Waals surface area contributed by atoms with Gasteiger partial charge in [0.25, 0.3) is 5.69 Å². The highest BCUT2D eigenvalue weighted by molar-refractivity contribution is 7.88. The van der Waals surface area contributed by atoms with Crippen molar-refractivity contribution in [1.29, 1.82) is 0 Å². The van der Waals surface area contributed by atoms with Gasteiger partial charge in [-0.1, -0.05) is 0 Å². The van der Waals surface area contributed by atoms with E-state index >= 15 is 0 Å². The molecule has 1 aliphatic heterocycles. The summed E-state index contributed by atoms with van der Waals surface area (Å²) in [7, 11) is -3.30. The minimum atomic E-state index is -3.30. The van der Waals surface area contributed by atoms with Crippen molar-refractivity contribution in [2.75, 3.05) is 30.0 Å². The zero-order valence-electron chi connectivity index (χ0n) is 11.2. The molecule has 0 spiro atoms. The third kappa shape index (κ3) is 3.89. The Hall–Kier alpha value is -2.20. The Morgan fingerprint density at radius 2 is 2.10 bits per heavy atom. The number of hydrogen-bond donors (Lipinski definition) is 3. The van der Waals surface area contributed by atoms with Gasteiger partial charge in [-0.25, -0.2) is 13.1 Å². The molecule has 0 saturated carbocycles. The third-order valence-corrected chi connectivity index (χ3v) is 3.58. The molecule has 114 valence electrons. The lowest BCUT2D eigenvalue weighted by atomic mass is 10.1. The lowest BCUT2D eigenvalue weighted by Crippen LogP contribution is -2.27. The molecule has 0 fully saturated rings. The molecule has 1 heterocycles. The smallest absolute Gasteiger partial charge is 0.292 e. The molecule has 1 aromatic rings. The topological polar surface area (TPSA) is 130 Å². The SMILES string of the molecule is CS(=O)(=O)NCCNc1cc2c(cc1[N+](=O)[O-])CC(=O)N2. The highest BCUT2D eigenvalue weighted by Gasteiger charge is 2.24. The van der Waals surface area contributed by atoms with Crippen molar-refractivity contribution in [2.24, 2.45) is 0 Å². The molecule has 0 atom stereocenters. The van der Waals surface area contributed by atoms with Gasteiger partial charge in [-0.05, 0) is 11.6 Å². The molecule has 2 rings (SSSR count). The van der Waals surface area contributed by atoms with Gasteiger partial charge in [-0.3, -0.25) is 14.9 Å². The van der Waals surface area contributed by atoms with Gasteiger partial charge in [0.05, 0.1) is 17.6 Å². The second kappa shape index (κ2) is 5.66. The molecular formula is C11H14N4O5S. The lowest BCUT2D eigenvalue weighted by Gasteiger charge is -2.09. The second-order valence-corrected chi connectivity index (χ2v) is 6.43. The van der Waals surface area contributed by atoms with Crippen molar-refractivity contribution in [3.63, 3.8) is 0 Å². The van der Waals surface area contributed by atoms with Gasteiger partial charge in [0, 0.05) is 24.8 Å². The minimum Gasteiger partial charge on any atom is -0.378 e. The first kappa shape index (κ1) is 15.2. The van der Waals surface area contributed by atoms with Crippen molar-refractivity contribution in [1.82, 2.24) is 4.72 Å². The molecule has 1 aliphatic rings. The quantitative estimate of drug-likeness (QED) is 0.386. The minimum absolute atomic E-state index is 0.0967. The van der Waals surface area contributed by atoms with E-state index in [1.807, 2.05) is 0 Å². The molecular weight excluding hydrogens is 300 g/mol. The number of carbonyl (C=O) groups is 1. The Labute approximate surface area is 120 Å². The highest BCUT2D eigenvalue weighted by atomic mass is 32.2. The summed E-state index contributed by atoms with van der Waals surface area (Å²) < 4.78 is 24.1. The summed E-state index contributed by atoms with van der Waals surface area (Å²) in [5, 5.41) is 16.4. The second-order valence-electron chi connectivity index (χ2n) is 4.60. The predicted molar refractivity (Wildman–Crippen MR) is 76.8 cm³/mol. The first-order valence-corrected chi connectivity index (χ1v) is 7.95. The van der Waals surface area contributed by atoms with E-state index in [1.54, 1.807) is 0 Å². The Balaban J connectivity index is 2.13. The molecule has 0 aromatic heterocycles. The average Bonchev–Trinajstić information content (AvgIpc) is 2.71. The average molecular weight is 314 g/mol. The number of nitro benzene ring substituents is 1. The van der Waals surface area contributed by atoms with Gasteiger partial charge in [0.2, 0.25) is 15.9 Å². The number of nitro groups is 1. The van der Waals surface area contributed by atoms with Crippen LogP contribution in [0.2, 0.25) is 0 Å². The van der Waals surface area contributed by atoms with E-state index in [2.05, 4.69) is 15.4 Å². The van der Waals surface area contributed by atoms with E-state index in [4.69, 9.17) is 0 Å². The molecule has 0 radical (unpaired) electrons. The highest BCUT2D eigenvalue weighted by Crippen LogP contribution is 2.34. The van der Waals surface area contributed by atoms with E-state index in [-0.39, 0.29) is 36.8 Å². The fraction of sp³-hybridized carbons (Fsp3) is 0.364. The van der Waals surface area contributed by atoms with Crippen LogP contribution in [-0.2, 0) is 21.2 Å². The first-order chi connectivity index (χ1) is 9.76. The Bertz CT molecular complexity index is 701. The molecule has 0 bridgehead atoms. The number of fused-ring (bicyclic) bond motifs is 1. The molecule has 3 N–H and O–H groups in total. The van der Waals surface area contributed by atoms with Crippen LogP contribution in [0.15, 0.2) is 12.1 Å². The fourth-order valence-corrected chi connectivity index (χ4v) is 2.46. The maximum atomic E-state index is 11.3. The van der Waals surface area contributed by atoms with Crippen molar-refractivity contribution < 1.29 is 18.1 Å². The fourth-order valence-electron chi connectivity index (χ4n) is 1.99. The van der Waals surface area contributed by atoms with E-state index in [0.29, 0.717) is 11.3 Å². The summed E-state index contributed by atoms with van der Waals surface area (Å²) in [6.45, 7) is 0.278. The van der Waals surface area contributed by atoms with Crippen LogP contribution in [0.4, 0.5) is 17.1 Å². The molecule has 0 saturated heterocycles. The maximum Gasteiger partial charge on any atom is 0.292 e. The van der Waals surface area contributed by atoms with Crippen molar-refractivity contribution >= 4 is 33.0 Å². The van der Waals surface area contributed by atoms with Gasteiger partial charge >= 0.3 is 0 Å². The molecule has 1 aromatic carbocycles. The number of nitrogens with zero attached hydrogens (tertiary/aromatic N) is 1. The Morgan fingerprint density at radius 1 is 1.38 bits per heavy atom. The van der Waals surface area contributed by atoms with Gasteiger partial charge in [0.1, 0.15) is 5.69 Å². The summed E-state index contributed by atoms with van der Waals surface area (Å²) >= 11 is 0. The van der Waals surface area contributed by atoms with Crippen molar-refractivity contribution in [2.45, 2.75) is 6.42 Å². The van der Waals surface area contributed by atoms with Gasteiger partial charge < -0.3 is 10.6 Å². The standard InChI is InChI=1S/C11H14N4O5S/c1-21(19,20)13-3-2-12-9-6-8-7(5-11(16)14-8)4-10(9)15(17)18/h4,6,12-13H,2-3,5H2,1H3,(H,14,16). The van der Waals surface area contributed by atoms with Crippen LogP contribution in [0.25, 0.3) is 0 Å². The molecule has 0 aliphatic carbocycles. The number of carbonyl (C=O) groups excluding carboxylic acids is 1. The number of benzene rings is 1. The summed E-state index contributed by atoms with van der Waals surface area (Å²) in [4.78, 5) is 21.8. The summed E-state index contributed by atoms with van der Waals surface area (Å²) in [5.74, 6) is -0.213. The van der Waals surface area contributed by atoms with Crippen LogP contribution in [0.1, 0.15) is 5.56 Å². The number of rotatable bonds is 6. The Morgan fingerprint density at radius 3 is 2.71 bits per heavy atom. The number of anilines is 2. The molecule has 0 unspecified atom stereocenters. The van der Waals surface area contributed by atoms with E-state index < -0.39 is 14.9 Å². The Kier molecular flexibility index (Phi) is 4.09. The zero-order chi connectivity index (χ0) is 15.6. The number of nitrogens with one attached hydrogen (secondary N) is 3. The number of sulfonamides is 1. The normalized spacial score (nSPS) is 13.7. The largest absolute Gasteiger partial charge is 0.378 e. The van der Waals surface area contributed by atoms with Crippen LogP contribution in [0.3, 0.4) is 0 Å². The summed E-state index contributed by atoms with van der Waals surface area (Å²) in [6, 6.07) is 2.83. The van der Waals surface area contributed by atoms with E-state index in [1.165, 1.54) is 12.1 Å². The lowest BCUT2D eigenvalue weighted by molar-refractivity contribution is -0.384. The molecule has 1 amide bonds. The molecule has 9 nitrogen and oxygen atoms in total. The zero-order valence-corrected chi connectivity index (χ0v) is 12.0. The van der Waals surface area contributed by atoms with Crippen LogP contribution >= 0.6 is 0 Å². The van der Waals surface area contributed by atoms with Crippen LogP contribution in [-0.4, -0.2) is 38.6 Å². The summed E-state index contributed by atoms with van der Waals surface area (Å²) in [5.41, 5.74) is 1.19.